The van der Waals surface area contributed by atoms with E-state index in [4.69, 9.17) is 10.5 Å². The molecule has 0 aromatic heterocycles. The smallest absolute Gasteiger partial charge is 0.121 e. The van der Waals surface area contributed by atoms with Crippen LogP contribution in [-0.2, 0) is 0 Å². The van der Waals surface area contributed by atoms with Gasteiger partial charge in [-0.15, -0.1) is 0 Å². The summed E-state index contributed by atoms with van der Waals surface area (Å²) < 4.78 is 6.47. The summed E-state index contributed by atoms with van der Waals surface area (Å²) in [7, 11) is 0. The zero-order valence-electron chi connectivity index (χ0n) is 7.01. The van der Waals surface area contributed by atoms with E-state index in [9.17, 15) is 0 Å². The van der Waals surface area contributed by atoms with Crippen LogP contribution in [0.1, 0.15) is 13.3 Å². The molecular formula is C9H12INO. The topological polar surface area (TPSA) is 35.2 Å². The number of nitrogen functional groups attached to an aromatic ring is 1. The molecule has 66 valence electrons. The van der Waals surface area contributed by atoms with E-state index in [2.05, 4.69) is 29.5 Å². The zero-order chi connectivity index (χ0) is 8.97. The molecule has 0 fully saturated rings. The van der Waals surface area contributed by atoms with E-state index in [1.54, 1.807) is 0 Å². The molecule has 0 saturated carbocycles. The van der Waals surface area contributed by atoms with E-state index < -0.39 is 0 Å². The molecule has 0 aliphatic rings. The quantitative estimate of drug-likeness (QED) is 0.681. The Kier molecular flexibility index (Phi) is 3.65. The van der Waals surface area contributed by atoms with Gasteiger partial charge in [0.25, 0.3) is 0 Å². The first-order valence-electron chi connectivity index (χ1n) is 3.92. The Labute approximate surface area is 86.2 Å². The van der Waals surface area contributed by atoms with Gasteiger partial charge in [0, 0.05) is 15.3 Å². The number of hydrogen-bond acceptors (Lipinski definition) is 2. The average Bonchev–Trinajstić information content (AvgIpc) is 2.07. The van der Waals surface area contributed by atoms with Crippen LogP contribution in [0.25, 0.3) is 0 Å². The lowest BCUT2D eigenvalue weighted by molar-refractivity contribution is 0.317. The standard InChI is InChI=1S/C9H12INO/c1-2-5-12-7-3-4-8(10)9(11)6-7/h3-4,6H,2,5,11H2,1H3. The second-order valence-corrected chi connectivity index (χ2v) is 3.69. The average molecular weight is 277 g/mol. The molecule has 3 heteroatoms. The molecule has 0 radical (unpaired) electrons. The van der Waals surface area contributed by atoms with Crippen LogP contribution in [0.5, 0.6) is 5.75 Å². The molecule has 0 heterocycles. The molecule has 0 bridgehead atoms. The highest BCUT2D eigenvalue weighted by atomic mass is 127. The monoisotopic (exact) mass is 277 g/mol. The number of rotatable bonds is 3. The highest BCUT2D eigenvalue weighted by molar-refractivity contribution is 14.1. The molecular weight excluding hydrogens is 265 g/mol. The normalized spacial score (nSPS) is 9.83. The van der Waals surface area contributed by atoms with Gasteiger partial charge in [-0.25, -0.2) is 0 Å². The van der Waals surface area contributed by atoms with Crippen molar-refractivity contribution in [3.05, 3.63) is 21.8 Å². The fraction of sp³-hybridized carbons (Fsp3) is 0.333. The first-order chi connectivity index (χ1) is 5.74. The van der Waals surface area contributed by atoms with Gasteiger partial charge in [0.05, 0.1) is 6.61 Å². The largest absolute Gasteiger partial charge is 0.494 e. The first-order valence-corrected chi connectivity index (χ1v) is 4.99. The second-order valence-electron chi connectivity index (χ2n) is 2.53. The molecule has 2 nitrogen and oxygen atoms in total. The Morgan fingerprint density at radius 2 is 2.25 bits per heavy atom. The molecule has 0 aliphatic carbocycles. The lowest BCUT2D eigenvalue weighted by Crippen LogP contribution is -1.96. The summed E-state index contributed by atoms with van der Waals surface area (Å²) in [5, 5.41) is 0. The molecule has 1 rings (SSSR count). The molecule has 1 aromatic carbocycles. The van der Waals surface area contributed by atoms with Gasteiger partial charge in [0.2, 0.25) is 0 Å². The number of ether oxygens (including phenoxy) is 1. The predicted octanol–water partition coefficient (Wildman–Crippen LogP) is 2.66. The second kappa shape index (κ2) is 4.54. The van der Waals surface area contributed by atoms with Crippen LogP contribution in [-0.4, -0.2) is 6.61 Å². The Bertz CT molecular complexity index is 263. The summed E-state index contributed by atoms with van der Waals surface area (Å²) in [6.45, 7) is 2.83. The minimum absolute atomic E-state index is 0.750. The molecule has 2 N–H and O–H groups in total. The molecule has 1 aromatic rings. The molecule has 12 heavy (non-hydrogen) atoms. The third-order valence-electron chi connectivity index (χ3n) is 1.44. The van der Waals surface area contributed by atoms with Crippen LogP contribution >= 0.6 is 22.6 Å². The van der Waals surface area contributed by atoms with Crippen molar-refractivity contribution in [2.75, 3.05) is 12.3 Å². The van der Waals surface area contributed by atoms with E-state index in [0.29, 0.717) is 0 Å². The number of benzene rings is 1. The first kappa shape index (κ1) is 9.64. The number of nitrogens with two attached hydrogens (primary N) is 1. The van der Waals surface area contributed by atoms with Crippen molar-refractivity contribution in [3.63, 3.8) is 0 Å². The van der Waals surface area contributed by atoms with Gasteiger partial charge in [-0.2, -0.15) is 0 Å². The summed E-state index contributed by atoms with van der Waals surface area (Å²) in [6.07, 6.45) is 1.02. The number of hydrogen-bond donors (Lipinski definition) is 1. The molecule has 0 atom stereocenters. The van der Waals surface area contributed by atoms with Crippen LogP contribution in [0, 0.1) is 3.57 Å². The summed E-state index contributed by atoms with van der Waals surface area (Å²) in [5.74, 6) is 0.856. The van der Waals surface area contributed by atoms with Gasteiger partial charge in [0.15, 0.2) is 0 Å². The van der Waals surface area contributed by atoms with Gasteiger partial charge < -0.3 is 10.5 Å². The fourth-order valence-electron chi connectivity index (χ4n) is 0.832. The van der Waals surface area contributed by atoms with E-state index in [1.165, 1.54) is 0 Å². The highest BCUT2D eigenvalue weighted by Gasteiger charge is 1.97. The summed E-state index contributed by atoms with van der Waals surface area (Å²) in [4.78, 5) is 0. The van der Waals surface area contributed by atoms with Crippen LogP contribution in [0.15, 0.2) is 18.2 Å². The SMILES string of the molecule is CCCOc1ccc(I)c(N)c1. The molecule has 0 aliphatic heterocycles. The summed E-state index contributed by atoms with van der Waals surface area (Å²) >= 11 is 2.20. The Hall–Kier alpha value is -0.450. The van der Waals surface area contributed by atoms with Crippen molar-refractivity contribution in [1.82, 2.24) is 0 Å². The predicted molar refractivity (Wildman–Crippen MR) is 59.4 cm³/mol. The van der Waals surface area contributed by atoms with E-state index >= 15 is 0 Å². The van der Waals surface area contributed by atoms with Crippen molar-refractivity contribution in [2.24, 2.45) is 0 Å². The molecule has 0 spiro atoms. The lowest BCUT2D eigenvalue weighted by Gasteiger charge is -2.05. The lowest BCUT2D eigenvalue weighted by atomic mass is 10.3. The minimum atomic E-state index is 0.750. The number of anilines is 1. The molecule has 0 amide bonds. The van der Waals surface area contributed by atoms with Crippen LogP contribution in [0.2, 0.25) is 0 Å². The van der Waals surface area contributed by atoms with E-state index in [1.807, 2.05) is 18.2 Å². The Morgan fingerprint density at radius 1 is 1.50 bits per heavy atom. The van der Waals surface area contributed by atoms with Gasteiger partial charge in [-0.3, -0.25) is 0 Å². The Morgan fingerprint density at radius 3 is 2.83 bits per heavy atom. The maximum Gasteiger partial charge on any atom is 0.121 e. The fourth-order valence-corrected chi connectivity index (χ4v) is 1.17. The zero-order valence-corrected chi connectivity index (χ0v) is 9.17. The van der Waals surface area contributed by atoms with Crippen molar-refractivity contribution >= 4 is 28.3 Å². The van der Waals surface area contributed by atoms with Crippen molar-refractivity contribution < 1.29 is 4.74 Å². The van der Waals surface area contributed by atoms with Crippen molar-refractivity contribution in [2.45, 2.75) is 13.3 Å². The van der Waals surface area contributed by atoms with Gasteiger partial charge >= 0.3 is 0 Å². The molecule has 0 unspecified atom stereocenters. The minimum Gasteiger partial charge on any atom is -0.494 e. The van der Waals surface area contributed by atoms with Gasteiger partial charge in [0.1, 0.15) is 5.75 Å². The van der Waals surface area contributed by atoms with Gasteiger partial charge in [-0.1, -0.05) is 6.92 Å². The van der Waals surface area contributed by atoms with Crippen molar-refractivity contribution in [1.29, 1.82) is 0 Å². The third kappa shape index (κ3) is 2.55. The third-order valence-corrected chi connectivity index (χ3v) is 2.42. The van der Waals surface area contributed by atoms with Crippen LogP contribution in [0.3, 0.4) is 0 Å². The van der Waals surface area contributed by atoms with E-state index in [0.717, 1.165) is 28.0 Å². The van der Waals surface area contributed by atoms with Gasteiger partial charge in [-0.05, 0) is 41.1 Å². The van der Waals surface area contributed by atoms with Crippen LogP contribution in [0.4, 0.5) is 5.69 Å². The Balaban J connectivity index is 2.69. The number of halogens is 1. The maximum atomic E-state index is 5.70. The summed E-state index contributed by atoms with van der Waals surface area (Å²) in [5.41, 5.74) is 6.49. The highest BCUT2D eigenvalue weighted by Crippen LogP contribution is 2.21. The maximum absolute atomic E-state index is 5.70. The van der Waals surface area contributed by atoms with Crippen molar-refractivity contribution in [3.8, 4) is 5.75 Å². The van der Waals surface area contributed by atoms with E-state index in [-0.39, 0.29) is 0 Å². The molecule has 0 saturated heterocycles. The van der Waals surface area contributed by atoms with Crippen LogP contribution < -0.4 is 10.5 Å². The summed E-state index contributed by atoms with van der Waals surface area (Å²) in [6, 6.07) is 5.76.